The second-order valence-corrected chi connectivity index (χ2v) is 6.14. The number of aliphatic imine (C=N–C) groups is 2. The third-order valence-corrected chi connectivity index (χ3v) is 4.36. The summed E-state index contributed by atoms with van der Waals surface area (Å²) in [5, 5.41) is 0. The minimum absolute atomic E-state index is 0.210. The summed E-state index contributed by atoms with van der Waals surface area (Å²) in [6.07, 6.45) is 7.27. The monoisotopic (exact) mass is 345 g/mol. The first kappa shape index (κ1) is 19.0. The molecule has 1 aliphatic rings. The molecule has 0 N–H and O–H groups in total. The van der Waals surface area contributed by atoms with Crippen LogP contribution in [0, 0.1) is 11.6 Å². The van der Waals surface area contributed by atoms with Gasteiger partial charge in [0.1, 0.15) is 17.5 Å². The Morgan fingerprint density at radius 3 is 2.72 bits per heavy atom. The molecule has 0 bridgehead atoms. The van der Waals surface area contributed by atoms with Crippen LogP contribution in [0.15, 0.2) is 51.6 Å². The maximum atomic E-state index is 14.3. The zero-order valence-electron chi connectivity index (χ0n) is 15.3. The topological polar surface area (TPSA) is 28.0 Å². The Morgan fingerprint density at radius 2 is 2.04 bits per heavy atom. The molecule has 1 fully saturated rings. The highest BCUT2D eigenvalue weighted by atomic mass is 19.1. The molecule has 2 rings (SSSR count). The summed E-state index contributed by atoms with van der Waals surface area (Å²) >= 11 is 0. The van der Waals surface area contributed by atoms with Crippen molar-refractivity contribution < 1.29 is 8.78 Å². The van der Waals surface area contributed by atoms with Crippen molar-refractivity contribution >= 4 is 12.1 Å². The molecule has 1 unspecified atom stereocenters. The number of rotatable bonds is 4. The van der Waals surface area contributed by atoms with Crippen molar-refractivity contribution in [3.8, 4) is 0 Å². The first-order valence-corrected chi connectivity index (χ1v) is 8.50. The fraction of sp³-hybridized carbons (Fsp3) is 0.400. The molecule has 0 radical (unpaired) electrons. The van der Waals surface area contributed by atoms with Crippen LogP contribution in [0.5, 0.6) is 0 Å². The highest BCUT2D eigenvalue weighted by Gasteiger charge is 2.30. The smallest absolute Gasteiger partial charge is 0.128 e. The predicted molar refractivity (Wildman–Crippen MR) is 100 cm³/mol. The SMILES string of the molecule is C\C=C/C(=N\C(C)=C(/C)C=NC)N1CCCC1c1cc(F)ccc1F. The third-order valence-electron chi connectivity index (χ3n) is 4.36. The van der Waals surface area contributed by atoms with Gasteiger partial charge in [-0.25, -0.2) is 13.8 Å². The summed E-state index contributed by atoms with van der Waals surface area (Å²) in [4.78, 5) is 10.8. The second-order valence-electron chi connectivity index (χ2n) is 6.14. The van der Waals surface area contributed by atoms with Crippen molar-refractivity contribution in [2.75, 3.05) is 13.6 Å². The van der Waals surface area contributed by atoms with Crippen LogP contribution in [0.2, 0.25) is 0 Å². The molecule has 25 heavy (non-hydrogen) atoms. The minimum Gasteiger partial charge on any atom is -0.349 e. The Labute approximate surface area is 148 Å². The maximum absolute atomic E-state index is 14.3. The van der Waals surface area contributed by atoms with E-state index >= 15 is 0 Å². The highest BCUT2D eigenvalue weighted by Crippen LogP contribution is 2.34. The van der Waals surface area contributed by atoms with Gasteiger partial charge in [0, 0.05) is 31.1 Å². The van der Waals surface area contributed by atoms with E-state index in [9.17, 15) is 8.78 Å². The van der Waals surface area contributed by atoms with Crippen molar-refractivity contribution in [2.24, 2.45) is 9.98 Å². The number of hydrogen-bond acceptors (Lipinski definition) is 2. The van der Waals surface area contributed by atoms with E-state index in [4.69, 9.17) is 4.99 Å². The molecule has 1 saturated heterocycles. The number of allylic oxidation sites excluding steroid dienone is 3. The standard InChI is InChI=1S/C20H25F2N3/c1-5-7-20(24-15(3)14(2)13-23-4)25-11-6-8-19(25)17-12-16(21)9-10-18(17)22/h5,7,9-10,12-13,19H,6,8,11H2,1-4H3/b7-5-,15-14+,23-13?,24-20+. The van der Waals surface area contributed by atoms with Crippen LogP contribution >= 0.6 is 0 Å². The van der Waals surface area contributed by atoms with E-state index in [2.05, 4.69) is 9.89 Å². The van der Waals surface area contributed by atoms with Gasteiger partial charge in [0.15, 0.2) is 0 Å². The van der Waals surface area contributed by atoms with Crippen molar-refractivity contribution in [1.29, 1.82) is 0 Å². The third kappa shape index (κ3) is 4.62. The fourth-order valence-electron chi connectivity index (χ4n) is 3.03. The average Bonchev–Trinajstić information content (AvgIpc) is 3.06. The van der Waals surface area contributed by atoms with Gasteiger partial charge in [-0.15, -0.1) is 0 Å². The largest absolute Gasteiger partial charge is 0.349 e. The number of amidine groups is 1. The molecule has 1 aromatic rings. The van der Waals surface area contributed by atoms with Gasteiger partial charge in [-0.2, -0.15) is 0 Å². The fourth-order valence-corrected chi connectivity index (χ4v) is 3.03. The Balaban J connectivity index is 2.43. The van der Waals surface area contributed by atoms with Gasteiger partial charge in [-0.05, 0) is 63.5 Å². The summed E-state index contributed by atoms with van der Waals surface area (Å²) in [7, 11) is 1.72. The molecule has 5 heteroatoms. The first-order chi connectivity index (χ1) is 12.0. The Morgan fingerprint density at radius 1 is 1.28 bits per heavy atom. The van der Waals surface area contributed by atoms with Crippen LogP contribution < -0.4 is 0 Å². The van der Waals surface area contributed by atoms with Gasteiger partial charge >= 0.3 is 0 Å². The van der Waals surface area contributed by atoms with Gasteiger partial charge in [-0.1, -0.05) is 6.08 Å². The first-order valence-electron chi connectivity index (χ1n) is 8.50. The summed E-state index contributed by atoms with van der Waals surface area (Å²) in [6, 6.07) is 3.43. The lowest BCUT2D eigenvalue weighted by Gasteiger charge is -2.27. The molecule has 0 saturated carbocycles. The Bertz CT molecular complexity index is 732. The van der Waals surface area contributed by atoms with E-state index in [1.807, 2.05) is 32.9 Å². The maximum Gasteiger partial charge on any atom is 0.128 e. The Kier molecular flexibility index (Phi) is 6.62. The van der Waals surface area contributed by atoms with Crippen LogP contribution in [0.1, 0.15) is 45.2 Å². The minimum atomic E-state index is -0.418. The van der Waals surface area contributed by atoms with E-state index in [1.54, 1.807) is 13.3 Å². The molecule has 1 aromatic carbocycles. The van der Waals surface area contributed by atoms with E-state index in [0.29, 0.717) is 5.56 Å². The average molecular weight is 345 g/mol. The molecular weight excluding hydrogens is 320 g/mol. The lowest BCUT2D eigenvalue weighted by Crippen LogP contribution is -2.30. The second kappa shape index (κ2) is 8.70. The van der Waals surface area contributed by atoms with E-state index in [1.165, 1.54) is 12.1 Å². The molecule has 0 spiro atoms. The lowest BCUT2D eigenvalue weighted by atomic mass is 10.0. The quantitative estimate of drug-likeness (QED) is 0.553. The zero-order valence-corrected chi connectivity index (χ0v) is 15.3. The molecule has 0 aliphatic carbocycles. The highest BCUT2D eigenvalue weighted by molar-refractivity contribution is 5.94. The predicted octanol–water partition coefficient (Wildman–Crippen LogP) is 5.07. The van der Waals surface area contributed by atoms with Crippen LogP contribution in [0.3, 0.4) is 0 Å². The molecule has 1 atom stereocenters. The summed E-state index contributed by atoms with van der Waals surface area (Å²) in [5.74, 6) is -0.0337. The number of benzene rings is 1. The van der Waals surface area contributed by atoms with Crippen LogP contribution in [-0.2, 0) is 0 Å². The summed E-state index contributed by atoms with van der Waals surface area (Å²) in [5.41, 5.74) is 2.21. The molecule has 3 nitrogen and oxygen atoms in total. The Hall–Kier alpha value is -2.30. The van der Waals surface area contributed by atoms with E-state index < -0.39 is 5.82 Å². The zero-order chi connectivity index (χ0) is 18.4. The molecule has 0 aromatic heterocycles. The number of nitrogens with zero attached hydrogens (tertiary/aromatic N) is 3. The molecule has 1 heterocycles. The van der Waals surface area contributed by atoms with E-state index in [-0.39, 0.29) is 11.9 Å². The van der Waals surface area contributed by atoms with Crippen molar-refractivity contribution in [3.05, 3.63) is 58.8 Å². The van der Waals surface area contributed by atoms with Crippen molar-refractivity contribution in [2.45, 2.75) is 39.7 Å². The molecule has 0 amide bonds. The van der Waals surface area contributed by atoms with Crippen LogP contribution in [0.25, 0.3) is 0 Å². The molecule has 134 valence electrons. The normalized spacial score (nSPS) is 20.0. The van der Waals surface area contributed by atoms with Gasteiger partial charge in [0.25, 0.3) is 0 Å². The van der Waals surface area contributed by atoms with Crippen LogP contribution in [-0.4, -0.2) is 30.5 Å². The van der Waals surface area contributed by atoms with Crippen LogP contribution in [0.4, 0.5) is 8.78 Å². The summed E-state index contributed by atoms with van der Waals surface area (Å²) in [6.45, 7) is 6.56. The number of hydrogen-bond donors (Lipinski definition) is 0. The van der Waals surface area contributed by atoms with Gasteiger partial charge in [-0.3, -0.25) is 4.99 Å². The van der Waals surface area contributed by atoms with Gasteiger partial charge < -0.3 is 4.90 Å². The van der Waals surface area contributed by atoms with Gasteiger partial charge in [0.05, 0.1) is 6.04 Å². The summed E-state index contributed by atoms with van der Waals surface area (Å²) < 4.78 is 27.9. The number of halogens is 2. The number of likely N-dealkylation sites (tertiary alicyclic amines) is 1. The molecule has 1 aliphatic heterocycles. The van der Waals surface area contributed by atoms with Crippen molar-refractivity contribution in [1.82, 2.24) is 4.90 Å². The van der Waals surface area contributed by atoms with Crippen molar-refractivity contribution in [3.63, 3.8) is 0 Å². The van der Waals surface area contributed by atoms with Gasteiger partial charge in [0.2, 0.25) is 0 Å². The lowest BCUT2D eigenvalue weighted by molar-refractivity contribution is 0.387. The molecular formula is C20H25F2N3. The van der Waals surface area contributed by atoms with E-state index in [0.717, 1.165) is 42.6 Å².